The SMILES string of the molecule is CC[C@](C)(C/C(C)=C(\O)OC)C(=O)OC.[Zr]. The van der Waals surface area contributed by atoms with E-state index in [-0.39, 0.29) is 38.1 Å². The Morgan fingerprint density at radius 1 is 1.31 bits per heavy atom. The molecule has 5 heteroatoms. The summed E-state index contributed by atoms with van der Waals surface area (Å²) in [5.74, 6) is -0.396. The maximum absolute atomic E-state index is 11.5. The first-order chi connectivity index (χ1) is 6.91. The first-order valence-electron chi connectivity index (χ1n) is 4.92. The maximum atomic E-state index is 11.5. The molecule has 0 radical (unpaired) electrons. The Labute approximate surface area is 116 Å². The zero-order valence-electron chi connectivity index (χ0n) is 10.6. The minimum absolute atomic E-state index is 0. The van der Waals surface area contributed by atoms with Crippen LogP contribution in [0.2, 0.25) is 0 Å². The molecule has 16 heavy (non-hydrogen) atoms. The number of hydrogen-bond acceptors (Lipinski definition) is 4. The van der Waals surface area contributed by atoms with E-state index in [1.165, 1.54) is 14.2 Å². The first-order valence-corrected chi connectivity index (χ1v) is 4.92. The number of rotatable bonds is 5. The van der Waals surface area contributed by atoms with Crippen LogP contribution < -0.4 is 0 Å². The Balaban J connectivity index is 0. The summed E-state index contributed by atoms with van der Waals surface area (Å²) in [5.41, 5.74) is 0.0398. The number of methoxy groups -OCH3 is 2. The first kappa shape index (κ1) is 18.1. The van der Waals surface area contributed by atoms with Crippen molar-refractivity contribution in [3.05, 3.63) is 11.5 Å². The summed E-state index contributed by atoms with van der Waals surface area (Å²) in [6.07, 6.45) is 1.07. The predicted molar refractivity (Wildman–Crippen MR) is 57.4 cm³/mol. The summed E-state index contributed by atoms with van der Waals surface area (Å²) >= 11 is 0. The van der Waals surface area contributed by atoms with Crippen molar-refractivity contribution in [1.82, 2.24) is 0 Å². The average Bonchev–Trinajstić information content (AvgIpc) is 2.26. The van der Waals surface area contributed by atoms with Gasteiger partial charge in [0.25, 0.3) is 5.95 Å². The molecule has 92 valence electrons. The zero-order valence-corrected chi connectivity index (χ0v) is 13.0. The van der Waals surface area contributed by atoms with E-state index in [0.29, 0.717) is 18.4 Å². The minimum atomic E-state index is -0.606. The molecule has 0 aliphatic rings. The van der Waals surface area contributed by atoms with Crippen LogP contribution in [-0.4, -0.2) is 25.3 Å². The fourth-order valence-corrected chi connectivity index (χ4v) is 1.42. The summed E-state index contributed by atoms with van der Waals surface area (Å²) in [4.78, 5) is 11.5. The predicted octanol–water partition coefficient (Wildman–Crippen LogP) is 2.40. The van der Waals surface area contributed by atoms with Crippen LogP contribution >= 0.6 is 0 Å². The van der Waals surface area contributed by atoms with Gasteiger partial charge in [0.05, 0.1) is 19.6 Å². The molecule has 0 aliphatic heterocycles. The maximum Gasteiger partial charge on any atom is 0.311 e. The van der Waals surface area contributed by atoms with Crippen molar-refractivity contribution >= 4 is 5.97 Å². The van der Waals surface area contributed by atoms with Gasteiger partial charge in [-0.25, -0.2) is 0 Å². The standard InChI is InChI=1S/C11H20O4.Zr/c1-6-11(3,10(13)15-5)7-8(2)9(12)14-4;/h12H,6-7H2,1-5H3;/b9-8+;/t11-;/m1./s1. The topological polar surface area (TPSA) is 55.8 Å². The number of aliphatic hydroxyl groups excluding tert-OH is 1. The van der Waals surface area contributed by atoms with Gasteiger partial charge in [-0.3, -0.25) is 4.79 Å². The van der Waals surface area contributed by atoms with E-state index >= 15 is 0 Å². The zero-order chi connectivity index (χ0) is 12.1. The number of hydrogen-bond donors (Lipinski definition) is 1. The molecule has 0 aromatic rings. The molecule has 0 aromatic heterocycles. The summed E-state index contributed by atoms with van der Waals surface area (Å²) in [6.45, 7) is 5.45. The van der Waals surface area contributed by atoms with E-state index in [1.54, 1.807) is 6.92 Å². The van der Waals surface area contributed by atoms with E-state index in [9.17, 15) is 9.90 Å². The summed E-state index contributed by atoms with van der Waals surface area (Å²) < 4.78 is 9.44. The summed E-state index contributed by atoms with van der Waals surface area (Å²) in [5, 5.41) is 9.35. The van der Waals surface area contributed by atoms with Gasteiger partial charge in [-0.05, 0) is 26.7 Å². The molecular formula is C11H20O4Zr. The Morgan fingerprint density at radius 2 is 1.81 bits per heavy atom. The Bertz CT molecular complexity index is 263. The van der Waals surface area contributed by atoms with Crippen molar-refractivity contribution in [2.45, 2.75) is 33.6 Å². The number of carbonyl (C=O) groups is 1. The van der Waals surface area contributed by atoms with Gasteiger partial charge in [-0.1, -0.05) is 6.92 Å². The number of allylic oxidation sites excluding steroid dienone is 1. The van der Waals surface area contributed by atoms with Crippen LogP contribution in [0.5, 0.6) is 0 Å². The molecule has 0 rings (SSSR count). The van der Waals surface area contributed by atoms with Crippen molar-refractivity contribution in [2.75, 3.05) is 14.2 Å². The average molecular weight is 308 g/mol. The van der Waals surface area contributed by atoms with Crippen LogP contribution in [0.3, 0.4) is 0 Å². The van der Waals surface area contributed by atoms with E-state index in [0.717, 1.165) is 0 Å². The quantitative estimate of drug-likeness (QED) is 0.626. The number of ether oxygens (including phenoxy) is 2. The molecule has 1 N–H and O–H groups in total. The van der Waals surface area contributed by atoms with Crippen LogP contribution in [-0.2, 0) is 40.5 Å². The molecular weight excluding hydrogens is 287 g/mol. The third kappa shape index (κ3) is 4.69. The molecule has 0 spiro atoms. The fraction of sp³-hybridized carbons (Fsp3) is 0.727. The van der Waals surface area contributed by atoms with Crippen molar-refractivity contribution in [2.24, 2.45) is 5.41 Å². The molecule has 0 fully saturated rings. The molecule has 0 unspecified atom stereocenters. The number of aliphatic hydroxyl groups is 1. The molecule has 0 amide bonds. The van der Waals surface area contributed by atoms with Gasteiger partial charge in [-0.2, -0.15) is 0 Å². The van der Waals surface area contributed by atoms with Crippen LogP contribution in [0.15, 0.2) is 11.5 Å². The van der Waals surface area contributed by atoms with Gasteiger partial charge < -0.3 is 14.6 Å². The van der Waals surface area contributed by atoms with E-state index in [1.807, 2.05) is 13.8 Å². The molecule has 1 atom stereocenters. The second kappa shape index (κ2) is 7.88. The van der Waals surface area contributed by atoms with E-state index < -0.39 is 5.41 Å². The van der Waals surface area contributed by atoms with Gasteiger partial charge in [0.1, 0.15) is 0 Å². The minimum Gasteiger partial charge on any atom is -0.481 e. The van der Waals surface area contributed by atoms with E-state index in [4.69, 9.17) is 9.47 Å². The summed E-state index contributed by atoms with van der Waals surface area (Å²) in [6, 6.07) is 0. The van der Waals surface area contributed by atoms with Crippen LogP contribution in [0.1, 0.15) is 33.6 Å². The van der Waals surface area contributed by atoms with Gasteiger partial charge in [0.15, 0.2) is 0 Å². The molecule has 0 bridgehead atoms. The van der Waals surface area contributed by atoms with Crippen molar-refractivity contribution in [1.29, 1.82) is 0 Å². The van der Waals surface area contributed by atoms with Gasteiger partial charge >= 0.3 is 5.97 Å². The molecule has 4 nitrogen and oxygen atoms in total. The largest absolute Gasteiger partial charge is 0.481 e. The molecule has 0 aliphatic carbocycles. The third-order valence-corrected chi connectivity index (χ3v) is 2.67. The van der Waals surface area contributed by atoms with Crippen molar-refractivity contribution in [3.8, 4) is 0 Å². The fourth-order valence-electron chi connectivity index (χ4n) is 1.42. The van der Waals surface area contributed by atoms with Crippen molar-refractivity contribution in [3.63, 3.8) is 0 Å². The molecule has 0 heterocycles. The van der Waals surface area contributed by atoms with Crippen LogP contribution in [0.4, 0.5) is 0 Å². The van der Waals surface area contributed by atoms with Crippen LogP contribution in [0.25, 0.3) is 0 Å². The Hall–Kier alpha value is -0.307. The molecule has 0 aromatic carbocycles. The third-order valence-electron chi connectivity index (χ3n) is 2.67. The number of carbonyl (C=O) groups excluding carboxylic acids is 1. The van der Waals surface area contributed by atoms with Gasteiger partial charge in [0.2, 0.25) is 0 Å². The second-order valence-corrected chi connectivity index (χ2v) is 3.87. The smallest absolute Gasteiger partial charge is 0.311 e. The monoisotopic (exact) mass is 306 g/mol. The van der Waals surface area contributed by atoms with Gasteiger partial charge in [-0.15, -0.1) is 0 Å². The van der Waals surface area contributed by atoms with E-state index in [2.05, 4.69) is 0 Å². The van der Waals surface area contributed by atoms with Crippen LogP contribution in [0, 0.1) is 5.41 Å². The van der Waals surface area contributed by atoms with Gasteiger partial charge in [0, 0.05) is 31.8 Å². The molecule has 0 saturated heterocycles. The number of esters is 1. The second-order valence-electron chi connectivity index (χ2n) is 3.87. The normalized spacial score (nSPS) is 15.3. The van der Waals surface area contributed by atoms with Crippen molar-refractivity contribution < 1.29 is 45.6 Å². The Kier molecular flexibility index (Phi) is 8.90. The summed E-state index contributed by atoms with van der Waals surface area (Å²) in [7, 11) is 2.76. The Morgan fingerprint density at radius 3 is 2.12 bits per heavy atom. The molecule has 0 saturated carbocycles.